The zero-order chi connectivity index (χ0) is 12.5. The van der Waals surface area contributed by atoms with E-state index in [0.717, 1.165) is 6.42 Å². The highest BCUT2D eigenvalue weighted by Crippen LogP contribution is 2.23. The van der Waals surface area contributed by atoms with Crippen LogP contribution in [-0.4, -0.2) is 35.7 Å². The summed E-state index contributed by atoms with van der Waals surface area (Å²) < 4.78 is 28.3. The highest BCUT2D eigenvalue weighted by molar-refractivity contribution is 7.92. The van der Waals surface area contributed by atoms with Gasteiger partial charge >= 0.3 is 5.97 Å². The van der Waals surface area contributed by atoms with Crippen molar-refractivity contribution in [3.63, 3.8) is 0 Å². The second kappa shape index (κ2) is 4.48. The van der Waals surface area contributed by atoms with Crippen LogP contribution in [0.15, 0.2) is 10.6 Å². The lowest BCUT2D eigenvalue weighted by Gasteiger charge is -2.20. The highest BCUT2D eigenvalue weighted by Gasteiger charge is 2.30. The Bertz CT molecular complexity index is 519. The summed E-state index contributed by atoms with van der Waals surface area (Å²) in [6.07, 6.45) is 2.40. The number of carboxylic acid groups (broad SMARTS) is 1. The normalized spacial score (nSPS) is 23.4. The third-order valence-corrected chi connectivity index (χ3v) is 5.20. The van der Waals surface area contributed by atoms with Gasteiger partial charge in [0.25, 0.3) is 0 Å². The van der Waals surface area contributed by atoms with Crippen molar-refractivity contribution in [2.24, 2.45) is 0 Å². The number of rotatable bonds is 3. The fraction of sp³-hybridized carbons (Fsp3) is 0.600. The fourth-order valence-electron chi connectivity index (χ4n) is 1.98. The van der Waals surface area contributed by atoms with E-state index in [2.05, 4.69) is 5.16 Å². The SMILES string of the molecule is O=C(O)c1cc(CC2CCCCS2(=O)=O)on1. The molecule has 0 radical (unpaired) electrons. The van der Waals surface area contributed by atoms with E-state index in [1.54, 1.807) is 0 Å². The van der Waals surface area contributed by atoms with Crippen LogP contribution in [0.4, 0.5) is 0 Å². The molecule has 1 aliphatic rings. The van der Waals surface area contributed by atoms with Crippen LogP contribution in [0.1, 0.15) is 35.5 Å². The van der Waals surface area contributed by atoms with Gasteiger partial charge in [-0.25, -0.2) is 13.2 Å². The van der Waals surface area contributed by atoms with E-state index < -0.39 is 21.1 Å². The number of nitrogens with zero attached hydrogens (tertiary/aromatic N) is 1. The fourth-order valence-corrected chi connectivity index (χ4v) is 3.87. The molecule has 0 aliphatic carbocycles. The second-order valence-electron chi connectivity index (χ2n) is 4.17. The minimum Gasteiger partial charge on any atom is -0.476 e. The van der Waals surface area contributed by atoms with Gasteiger partial charge < -0.3 is 9.63 Å². The quantitative estimate of drug-likeness (QED) is 0.865. The molecule has 0 amide bonds. The van der Waals surface area contributed by atoms with Crippen LogP contribution >= 0.6 is 0 Å². The van der Waals surface area contributed by atoms with Crippen molar-refractivity contribution in [1.29, 1.82) is 0 Å². The van der Waals surface area contributed by atoms with E-state index >= 15 is 0 Å². The zero-order valence-corrected chi connectivity index (χ0v) is 9.94. The minimum atomic E-state index is -3.07. The van der Waals surface area contributed by atoms with Crippen LogP contribution in [-0.2, 0) is 16.3 Å². The van der Waals surface area contributed by atoms with Crippen LogP contribution in [0.5, 0.6) is 0 Å². The van der Waals surface area contributed by atoms with E-state index in [1.165, 1.54) is 6.07 Å². The summed E-state index contributed by atoms with van der Waals surface area (Å²) in [4.78, 5) is 10.6. The highest BCUT2D eigenvalue weighted by atomic mass is 32.2. The average Bonchev–Trinajstić information content (AvgIpc) is 2.70. The Morgan fingerprint density at radius 3 is 2.88 bits per heavy atom. The number of aromatic carboxylic acids is 1. The molecule has 1 N–H and O–H groups in total. The molecule has 17 heavy (non-hydrogen) atoms. The molecule has 1 saturated heterocycles. The predicted molar refractivity (Wildman–Crippen MR) is 58.6 cm³/mol. The molecule has 1 aliphatic heterocycles. The number of sulfone groups is 1. The van der Waals surface area contributed by atoms with Crippen molar-refractivity contribution in [1.82, 2.24) is 5.16 Å². The lowest BCUT2D eigenvalue weighted by molar-refractivity contribution is 0.0685. The van der Waals surface area contributed by atoms with Gasteiger partial charge in [0.2, 0.25) is 0 Å². The number of carbonyl (C=O) groups is 1. The molecule has 2 heterocycles. The minimum absolute atomic E-state index is 0.187. The summed E-state index contributed by atoms with van der Waals surface area (Å²) in [7, 11) is -3.07. The van der Waals surface area contributed by atoms with Crippen molar-refractivity contribution in [2.45, 2.75) is 30.9 Å². The van der Waals surface area contributed by atoms with Crippen molar-refractivity contribution in [3.8, 4) is 0 Å². The predicted octanol–water partition coefficient (Wildman–Crippen LogP) is 0.883. The lowest BCUT2D eigenvalue weighted by Crippen LogP contribution is -2.30. The zero-order valence-electron chi connectivity index (χ0n) is 9.13. The third kappa shape index (κ3) is 2.66. The molecular weight excluding hydrogens is 246 g/mol. The average molecular weight is 259 g/mol. The first-order valence-electron chi connectivity index (χ1n) is 5.39. The summed E-state index contributed by atoms with van der Waals surface area (Å²) in [5, 5.41) is 11.6. The molecule has 1 fully saturated rings. The monoisotopic (exact) mass is 259 g/mol. The molecule has 1 aromatic heterocycles. The summed E-state index contributed by atoms with van der Waals surface area (Å²) >= 11 is 0. The Labute approximate surface area is 98.5 Å². The van der Waals surface area contributed by atoms with Crippen molar-refractivity contribution in [2.75, 3.05) is 5.75 Å². The number of hydrogen-bond acceptors (Lipinski definition) is 5. The molecular formula is C10H13NO5S. The Morgan fingerprint density at radius 2 is 2.29 bits per heavy atom. The Hall–Kier alpha value is -1.37. The first-order valence-corrected chi connectivity index (χ1v) is 7.11. The second-order valence-corrected chi connectivity index (χ2v) is 6.57. The number of carboxylic acids is 1. The van der Waals surface area contributed by atoms with Gasteiger partial charge in [-0.1, -0.05) is 11.6 Å². The maximum Gasteiger partial charge on any atom is 0.358 e. The maximum absolute atomic E-state index is 11.7. The van der Waals surface area contributed by atoms with Gasteiger partial charge in [0.1, 0.15) is 5.76 Å². The molecule has 0 aromatic carbocycles. The molecule has 7 heteroatoms. The van der Waals surface area contributed by atoms with Gasteiger partial charge in [0.15, 0.2) is 15.5 Å². The first kappa shape index (κ1) is 12.1. The number of hydrogen-bond donors (Lipinski definition) is 1. The Balaban J connectivity index is 2.11. The van der Waals surface area contributed by atoms with Gasteiger partial charge in [-0.05, 0) is 12.8 Å². The van der Waals surface area contributed by atoms with E-state index in [-0.39, 0.29) is 17.9 Å². The van der Waals surface area contributed by atoms with Gasteiger partial charge in [-0.15, -0.1) is 0 Å². The van der Waals surface area contributed by atoms with E-state index in [1.807, 2.05) is 0 Å². The van der Waals surface area contributed by atoms with E-state index in [4.69, 9.17) is 9.63 Å². The van der Waals surface area contributed by atoms with Gasteiger partial charge in [0.05, 0.1) is 11.0 Å². The van der Waals surface area contributed by atoms with Crippen LogP contribution < -0.4 is 0 Å². The van der Waals surface area contributed by atoms with Crippen LogP contribution in [0.3, 0.4) is 0 Å². The van der Waals surface area contributed by atoms with Crippen LogP contribution in [0, 0.1) is 0 Å². The van der Waals surface area contributed by atoms with Crippen molar-refractivity contribution >= 4 is 15.8 Å². The molecule has 0 saturated carbocycles. The molecule has 1 unspecified atom stereocenters. The van der Waals surface area contributed by atoms with Crippen molar-refractivity contribution < 1.29 is 22.8 Å². The first-order chi connectivity index (χ1) is 7.99. The van der Waals surface area contributed by atoms with Gasteiger partial charge in [0, 0.05) is 12.5 Å². The molecule has 0 bridgehead atoms. The molecule has 2 rings (SSSR count). The lowest BCUT2D eigenvalue weighted by atomic mass is 10.1. The topological polar surface area (TPSA) is 97.5 Å². The molecule has 0 spiro atoms. The summed E-state index contributed by atoms with van der Waals surface area (Å²) in [6, 6.07) is 1.28. The van der Waals surface area contributed by atoms with E-state index in [9.17, 15) is 13.2 Å². The van der Waals surface area contributed by atoms with Crippen LogP contribution in [0.25, 0.3) is 0 Å². The number of aromatic nitrogens is 1. The molecule has 6 nitrogen and oxygen atoms in total. The summed E-state index contributed by atoms with van der Waals surface area (Å²) in [6.45, 7) is 0. The summed E-state index contributed by atoms with van der Waals surface area (Å²) in [5.74, 6) is -0.651. The smallest absolute Gasteiger partial charge is 0.358 e. The van der Waals surface area contributed by atoms with Gasteiger partial charge in [-0.3, -0.25) is 0 Å². The maximum atomic E-state index is 11.7. The van der Waals surface area contributed by atoms with Gasteiger partial charge in [-0.2, -0.15) is 0 Å². The van der Waals surface area contributed by atoms with Crippen molar-refractivity contribution in [3.05, 3.63) is 17.5 Å². The Morgan fingerprint density at radius 1 is 1.53 bits per heavy atom. The largest absolute Gasteiger partial charge is 0.476 e. The molecule has 1 aromatic rings. The molecule has 94 valence electrons. The van der Waals surface area contributed by atoms with E-state index in [0.29, 0.717) is 18.6 Å². The molecule has 1 atom stereocenters. The third-order valence-electron chi connectivity index (χ3n) is 2.92. The van der Waals surface area contributed by atoms with Crippen LogP contribution in [0.2, 0.25) is 0 Å². The summed E-state index contributed by atoms with van der Waals surface area (Å²) in [5.41, 5.74) is -0.187. The standard InChI is InChI=1S/C10H13NO5S/c12-10(13)9-6-7(16-11-9)5-8-3-1-2-4-17(8,14)15/h6,8H,1-5H2,(H,12,13). The Kier molecular flexibility index (Phi) is 3.19.